The Kier molecular flexibility index (Phi) is 4.64. The van der Waals surface area contributed by atoms with Crippen LogP contribution >= 0.6 is 15.6 Å². The van der Waals surface area contributed by atoms with Crippen LogP contribution < -0.4 is 4.52 Å². The van der Waals surface area contributed by atoms with E-state index in [0.717, 1.165) is 11.1 Å². The van der Waals surface area contributed by atoms with Crippen molar-refractivity contribution in [3.05, 3.63) is 54.6 Å². The molecule has 0 radical (unpaired) electrons. The minimum atomic E-state index is -5.12. The molecule has 0 fully saturated rings. The zero-order valence-electron chi connectivity index (χ0n) is 10.6. The number of phosphoric acid groups is 2. The molecule has 2 aromatic carbocycles. The molecule has 0 aliphatic rings. The molecule has 0 aromatic heterocycles. The van der Waals surface area contributed by atoms with Gasteiger partial charge in [-0.25, -0.2) is 9.13 Å². The number of phosphoric ester groups is 1. The standard InChI is InChI=1S/C12H12O7P2/c13-20(14,15)19-21(16,17)18-12-8-6-11(7-9-12)10-4-2-1-3-5-10/h1-9H,(H,16,17)(H2,13,14,15). The van der Waals surface area contributed by atoms with Gasteiger partial charge in [0, 0.05) is 0 Å². The Morgan fingerprint density at radius 2 is 1.29 bits per heavy atom. The molecule has 0 bridgehead atoms. The molecule has 0 aliphatic heterocycles. The van der Waals surface area contributed by atoms with Crippen LogP contribution in [0.4, 0.5) is 0 Å². The Morgan fingerprint density at radius 3 is 1.81 bits per heavy atom. The quantitative estimate of drug-likeness (QED) is 0.722. The van der Waals surface area contributed by atoms with Crippen LogP contribution in [0.1, 0.15) is 0 Å². The smallest absolute Gasteiger partial charge is 0.404 e. The average Bonchev–Trinajstić information content (AvgIpc) is 2.37. The van der Waals surface area contributed by atoms with Crippen LogP contribution in [0, 0.1) is 0 Å². The Hall–Kier alpha value is -1.46. The van der Waals surface area contributed by atoms with Gasteiger partial charge in [-0.3, -0.25) is 4.89 Å². The first kappa shape index (κ1) is 15.9. The fourth-order valence-corrected chi connectivity index (χ4v) is 3.22. The lowest BCUT2D eigenvalue weighted by atomic mass is 10.1. The van der Waals surface area contributed by atoms with E-state index < -0.39 is 15.6 Å². The molecule has 0 aliphatic carbocycles. The predicted octanol–water partition coefficient (Wildman–Crippen LogP) is 2.94. The summed E-state index contributed by atoms with van der Waals surface area (Å²) in [5.41, 5.74) is 1.80. The van der Waals surface area contributed by atoms with E-state index in [9.17, 15) is 14.0 Å². The lowest BCUT2D eigenvalue weighted by Crippen LogP contribution is -1.95. The SMILES string of the molecule is O=P(O)(O)OP(=O)(O)Oc1ccc(-c2ccccc2)cc1. The van der Waals surface area contributed by atoms with Crippen LogP contribution in [0.2, 0.25) is 0 Å². The van der Waals surface area contributed by atoms with Gasteiger partial charge in [0.25, 0.3) is 0 Å². The van der Waals surface area contributed by atoms with E-state index in [0.29, 0.717) is 0 Å². The zero-order valence-corrected chi connectivity index (χ0v) is 12.4. The van der Waals surface area contributed by atoms with E-state index >= 15 is 0 Å². The number of rotatable bonds is 5. The average molecular weight is 330 g/mol. The maximum atomic E-state index is 11.4. The van der Waals surface area contributed by atoms with E-state index in [1.165, 1.54) is 12.1 Å². The summed E-state index contributed by atoms with van der Waals surface area (Å²) in [5, 5.41) is 0. The van der Waals surface area contributed by atoms with Crippen LogP contribution in [0.15, 0.2) is 54.6 Å². The Morgan fingerprint density at radius 1 is 0.762 bits per heavy atom. The highest BCUT2D eigenvalue weighted by atomic mass is 31.3. The van der Waals surface area contributed by atoms with Gasteiger partial charge < -0.3 is 14.3 Å². The van der Waals surface area contributed by atoms with Gasteiger partial charge in [0.1, 0.15) is 5.75 Å². The highest BCUT2D eigenvalue weighted by Gasteiger charge is 2.33. The highest BCUT2D eigenvalue weighted by molar-refractivity contribution is 7.60. The number of hydrogen-bond donors (Lipinski definition) is 3. The molecule has 1 unspecified atom stereocenters. The fraction of sp³-hybridized carbons (Fsp3) is 0. The molecule has 7 nitrogen and oxygen atoms in total. The second-order valence-corrected chi connectivity index (χ2v) is 6.78. The third-order valence-electron chi connectivity index (χ3n) is 2.39. The van der Waals surface area contributed by atoms with E-state index in [1.807, 2.05) is 30.3 Å². The van der Waals surface area contributed by atoms with Crippen molar-refractivity contribution >= 4 is 15.6 Å². The van der Waals surface area contributed by atoms with Crippen LogP contribution in [-0.2, 0) is 13.4 Å². The largest absolute Gasteiger partial charge is 0.536 e. The topological polar surface area (TPSA) is 113 Å². The molecular formula is C12H12O7P2. The van der Waals surface area contributed by atoms with Crippen LogP contribution in [-0.4, -0.2) is 14.7 Å². The maximum Gasteiger partial charge on any atom is 0.536 e. The van der Waals surface area contributed by atoms with Gasteiger partial charge in [-0.2, -0.15) is 4.31 Å². The summed E-state index contributed by atoms with van der Waals surface area (Å²) in [6, 6.07) is 15.5. The Bertz CT molecular complexity index is 693. The van der Waals surface area contributed by atoms with Gasteiger partial charge in [0.15, 0.2) is 0 Å². The molecule has 0 heterocycles. The van der Waals surface area contributed by atoms with Crippen molar-refractivity contribution in [1.82, 2.24) is 0 Å². The predicted molar refractivity (Wildman–Crippen MR) is 75.5 cm³/mol. The molecule has 1 atom stereocenters. The summed E-state index contributed by atoms with van der Waals surface area (Å²) in [4.78, 5) is 26.2. The molecule has 0 spiro atoms. The zero-order chi connectivity index (χ0) is 15.5. The first-order valence-electron chi connectivity index (χ1n) is 5.70. The molecule has 3 N–H and O–H groups in total. The van der Waals surface area contributed by atoms with Gasteiger partial charge in [-0.15, -0.1) is 0 Å². The van der Waals surface area contributed by atoms with Crippen molar-refractivity contribution in [1.29, 1.82) is 0 Å². The third-order valence-corrected chi connectivity index (χ3v) is 4.51. The van der Waals surface area contributed by atoms with E-state index in [1.54, 1.807) is 12.1 Å². The van der Waals surface area contributed by atoms with Gasteiger partial charge in [-0.05, 0) is 23.3 Å². The molecule has 112 valence electrons. The van der Waals surface area contributed by atoms with Gasteiger partial charge in [0.05, 0.1) is 0 Å². The monoisotopic (exact) mass is 330 g/mol. The lowest BCUT2D eigenvalue weighted by molar-refractivity contribution is 0.229. The highest BCUT2D eigenvalue weighted by Crippen LogP contribution is 2.57. The normalized spacial score (nSPS) is 14.4. The van der Waals surface area contributed by atoms with Crippen molar-refractivity contribution in [2.24, 2.45) is 0 Å². The fourth-order valence-electron chi connectivity index (χ4n) is 1.62. The summed E-state index contributed by atoms with van der Waals surface area (Å²) in [7, 11) is -10.0. The minimum absolute atomic E-state index is 0.0473. The van der Waals surface area contributed by atoms with Crippen LogP contribution in [0.25, 0.3) is 11.1 Å². The summed E-state index contributed by atoms with van der Waals surface area (Å²) < 4.78 is 30.2. The molecule has 0 saturated heterocycles. The number of hydrogen-bond acceptors (Lipinski definition) is 4. The van der Waals surface area contributed by atoms with Crippen LogP contribution in [0.3, 0.4) is 0 Å². The summed E-state index contributed by atoms with van der Waals surface area (Å²) in [6.07, 6.45) is 0. The van der Waals surface area contributed by atoms with Crippen molar-refractivity contribution in [2.75, 3.05) is 0 Å². The van der Waals surface area contributed by atoms with Crippen molar-refractivity contribution < 1.29 is 32.6 Å². The second kappa shape index (κ2) is 6.12. The molecule has 0 saturated carbocycles. The number of benzene rings is 2. The molecule has 2 rings (SSSR count). The first-order valence-corrected chi connectivity index (χ1v) is 8.72. The Balaban J connectivity index is 2.13. The van der Waals surface area contributed by atoms with Gasteiger partial charge in [0.2, 0.25) is 0 Å². The summed E-state index contributed by atoms with van der Waals surface area (Å²) in [6.45, 7) is 0. The molecule has 21 heavy (non-hydrogen) atoms. The van der Waals surface area contributed by atoms with E-state index in [-0.39, 0.29) is 5.75 Å². The summed E-state index contributed by atoms with van der Waals surface area (Å²) in [5.74, 6) is -0.0473. The first-order chi connectivity index (χ1) is 9.75. The Labute approximate surface area is 120 Å². The summed E-state index contributed by atoms with van der Waals surface area (Å²) >= 11 is 0. The van der Waals surface area contributed by atoms with Crippen molar-refractivity contribution in [3.8, 4) is 16.9 Å². The molecule has 9 heteroatoms. The molecule has 2 aromatic rings. The van der Waals surface area contributed by atoms with Gasteiger partial charge in [-0.1, -0.05) is 42.5 Å². The molecular weight excluding hydrogens is 318 g/mol. The molecule has 0 amide bonds. The van der Waals surface area contributed by atoms with E-state index in [2.05, 4.69) is 8.83 Å². The van der Waals surface area contributed by atoms with Crippen LogP contribution in [0.5, 0.6) is 5.75 Å². The lowest BCUT2D eigenvalue weighted by Gasteiger charge is -2.13. The van der Waals surface area contributed by atoms with Crippen molar-refractivity contribution in [2.45, 2.75) is 0 Å². The maximum absolute atomic E-state index is 11.4. The van der Waals surface area contributed by atoms with E-state index in [4.69, 9.17) is 9.79 Å². The van der Waals surface area contributed by atoms with Crippen molar-refractivity contribution in [3.63, 3.8) is 0 Å². The second-order valence-electron chi connectivity index (χ2n) is 4.02. The van der Waals surface area contributed by atoms with Gasteiger partial charge >= 0.3 is 15.6 Å². The third kappa shape index (κ3) is 5.10. The minimum Gasteiger partial charge on any atom is -0.404 e.